The number of ether oxygens (including phenoxy) is 1. The first-order chi connectivity index (χ1) is 10.2. The maximum atomic E-state index is 11.9. The molecule has 3 aliphatic rings. The molecule has 0 bridgehead atoms. The lowest BCUT2D eigenvalue weighted by molar-refractivity contribution is -0.152. The third-order valence-corrected chi connectivity index (χ3v) is 5.58. The van der Waals surface area contributed by atoms with Crippen molar-refractivity contribution in [3.8, 4) is 0 Å². The highest BCUT2D eigenvalue weighted by atomic mass is 16.5. The summed E-state index contributed by atoms with van der Waals surface area (Å²) >= 11 is 0. The molecule has 21 heavy (non-hydrogen) atoms. The molecule has 2 N–H and O–H groups in total. The van der Waals surface area contributed by atoms with E-state index in [2.05, 4.69) is 12.2 Å². The fourth-order valence-corrected chi connectivity index (χ4v) is 3.84. The van der Waals surface area contributed by atoms with Gasteiger partial charge < -0.3 is 9.84 Å². The summed E-state index contributed by atoms with van der Waals surface area (Å²) < 4.78 is 6.20. The van der Waals surface area contributed by atoms with Gasteiger partial charge in [-0.25, -0.2) is 0 Å². The van der Waals surface area contributed by atoms with Crippen LogP contribution in [0.2, 0.25) is 0 Å². The number of aliphatic carboxylic acids is 1. The van der Waals surface area contributed by atoms with Gasteiger partial charge in [0.2, 0.25) is 0 Å². The van der Waals surface area contributed by atoms with Gasteiger partial charge in [-0.2, -0.15) is 0 Å². The van der Waals surface area contributed by atoms with Crippen molar-refractivity contribution in [2.75, 3.05) is 6.61 Å². The predicted molar refractivity (Wildman–Crippen MR) is 81.2 cm³/mol. The van der Waals surface area contributed by atoms with Crippen LogP contribution >= 0.6 is 0 Å². The van der Waals surface area contributed by atoms with Crippen LogP contribution in [-0.2, 0) is 9.53 Å². The first-order valence-corrected chi connectivity index (χ1v) is 8.78. The molecule has 3 rings (SSSR count). The zero-order valence-electron chi connectivity index (χ0n) is 13.1. The van der Waals surface area contributed by atoms with E-state index in [9.17, 15) is 9.90 Å². The minimum absolute atomic E-state index is 0.263. The fourth-order valence-electron chi connectivity index (χ4n) is 3.84. The minimum Gasteiger partial charge on any atom is -0.480 e. The molecule has 0 aromatic carbocycles. The zero-order chi connectivity index (χ0) is 14.9. The van der Waals surface area contributed by atoms with Gasteiger partial charge in [-0.1, -0.05) is 26.2 Å². The lowest BCUT2D eigenvalue weighted by atomic mass is 9.84. The standard InChI is InChI=1S/C17H29NO3/c1-2-12-5-3-4-6-15(12)21-11-17(16(19)20,13-7-8-13)18-14-9-10-14/h12-15,18H,2-11H2,1H3,(H,19,20). The van der Waals surface area contributed by atoms with Crippen LogP contribution in [0.1, 0.15) is 64.7 Å². The molecule has 3 unspecified atom stereocenters. The van der Waals surface area contributed by atoms with E-state index in [0.717, 1.165) is 38.5 Å². The van der Waals surface area contributed by atoms with Crippen LogP contribution < -0.4 is 5.32 Å². The van der Waals surface area contributed by atoms with E-state index in [-0.39, 0.29) is 12.0 Å². The summed E-state index contributed by atoms with van der Waals surface area (Å²) in [6, 6.07) is 0.402. The van der Waals surface area contributed by atoms with Crippen LogP contribution in [0, 0.1) is 11.8 Å². The Kier molecular flexibility index (Phi) is 4.55. The maximum absolute atomic E-state index is 11.9. The summed E-state index contributed by atoms with van der Waals surface area (Å²) in [6.45, 7) is 2.57. The fraction of sp³-hybridized carbons (Fsp3) is 0.941. The third-order valence-electron chi connectivity index (χ3n) is 5.58. The van der Waals surface area contributed by atoms with Crippen LogP contribution in [0.3, 0.4) is 0 Å². The quantitative estimate of drug-likeness (QED) is 0.723. The molecule has 0 spiro atoms. The molecule has 0 amide bonds. The Hall–Kier alpha value is -0.610. The number of carboxylic acids is 1. The van der Waals surface area contributed by atoms with Crippen molar-refractivity contribution < 1.29 is 14.6 Å². The summed E-state index contributed by atoms with van der Waals surface area (Å²) in [4.78, 5) is 11.9. The van der Waals surface area contributed by atoms with Gasteiger partial charge in [-0.05, 0) is 50.4 Å². The Balaban J connectivity index is 1.64. The second-order valence-corrected chi connectivity index (χ2v) is 7.27. The highest BCUT2D eigenvalue weighted by molar-refractivity contribution is 5.80. The molecule has 3 fully saturated rings. The monoisotopic (exact) mass is 295 g/mol. The SMILES string of the molecule is CCC1CCCCC1OCC(NC1CC1)(C(=O)O)C1CC1. The van der Waals surface area contributed by atoms with Gasteiger partial charge in [-0.15, -0.1) is 0 Å². The Bertz CT molecular complexity index is 378. The Morgan fingerprint density at radius 1 is 1.19 bits per heavy atom. The van der Waals surface area contributed by atoms with Crippen molar-refractivity contribution in [2.24, 2.45) is 11.8 Å². The van der Waals surface area contributed by atoms with Gasteiger partial charge >= 0.3 is 5.97 Å². The van der Waals surface area contributed by atoms with Gasteiger partial charge in [0.1, 0.15) is 5.54 Å². The molecule has 0 aromatic rings. The zero-order valence-corrected chi connectivity index (χ0v) is 13.1. The van der Waals surface area contributed by atoms with Crippen molar-refractivity contribution in [1.82, 2.24) is 5.32 Å². The summed E-state index contributed by atoms with van der Waals surface area (Å²) in [5.74, 6) is 0.172. The van der Waals surface area contributed by atoms with Crippen LogP contribution in [0.25, 0.3) is 0 Å². The largest absolute Gasteiger partial charge is 0.480 e. The third kappa shape index (κ3) is 3.42. The van der Waals surface area contributed by atoms with E-state index >= 15 is 0 Å². The highest BCUT2D eigenvalue weighted by Gasteiger charge is 2.54. The van der Waals surface area contributed by atoms with Crippen molar-refractivity contribution >= 4 is 5.97 Å². The van der Waals surface area contributed by atoms with Crippen molar-refractivity contribution in [1.29, 1.82) is 0 Å². The average molecular weight is 295 g/mol. The minimum atomic E-state index is -0.823. The van der Waals surface area contributed by atoms with Gasteiger partial charge in [-0.3, -0.25) is 10.1 Å². The first kappa shape index (κ1) is 15.3. The molecule has 0 saturated heterocycles. The lowest BCUT2D eigenvalue weighted by Crippen LogP contribution is -2.59. The number of rotatable bonds is 8. The van der Waals surface area contributed by atoms with Crippen molar-refractivity contribution in [3.63, 3.8) is 0 Å². The Labute approximate surface area is 127 Å². The number of carbonyl (C=O) groups is 1. The maximum Gasteiger partial charge on any atom is 0.326 e. The normalized spacial score (nSPS) is 32.6. The van der Waals surface area contributed by atoms with E-state index in [1.54, 1.807) is 0 Å². The van der Waals surface area contributed by atoms with Gasteiger partial charge in [0.15, 0.2) is 0 Å². The number of hydrogen-bond donors (Lipinski definition) is 2. The average Bonchev–Trinajstić information content (AvgIpc) is 3.36. The van der Waals surface area contributed by atoms with Crippen LogP contribution in [0.5, 0.6) is 0 Å². The van der Waals surface area contributed by atoms with Gasteiger partial charge in [0.25, 0.3) is 0 Å². The van der Waals surface area contributed by atoms with E-state index in [1.807, 2.05) is 0 Å². The Morgan fingerprint density at radius 3 is 2.48 bits per heavy atom. The summed E-state index contributed by atoms with van der Waals surface area (Å²) in [7, 11) is 0. The molecular weight excluding hydrogens is 266 g/mol. The van der Waals surface area contributed by atoms with Gasteiger partial charge in [0, 0.05) is 6.04 Å². The van der Waals surface area contributed by atoms with E-state index in [1.165, 1.54) is 19.3 Å². The van der Waals surface area contributed by atoms with Crippen LogP contribution in [0.15, 0.2) is 0 Å². The van der Waals surface area contributed by atoms with Gasteiger partial charge in [0.05, 0.1) is 12.7 Å². The van der Waals surface area contributed by atoms with Crippen LogP contribution in [-0.4, -0.2) is 35.4 Å². The molecule has 3 aliphatic carbocycles. The first-order valence-electron chi connectivity index (χ1n) is 8.78. The topological polar surface area (TPSA) is 58.6 Å². The molecule has 0 radical (unpaired) electrons. The molecule has 3 atom stereocenters. The van der Waals surface area contributed by atoms with Crippen molar-refractivity contribution in [2.45, 2.75) is 82.4 Å². The second kappa shape index (κ2) is 6.25. The number of hydrogen-bond acceptors (Lipinski definition) is 3. The Morgan fingerprint density at radius 2 is 1.90 bits per heavy atom. The highest BCUT2D eigenvalue weighted by Crippen LogP contribution is 2.43. The predicted octanol–water partition coefficient (Wildman–Crippen LogP) is 2.96. The summed E-state index contributed by atoms with van der Waals surface area (Å²) in [6.07, 6.45) is 10.5. The second-order valence-electron chi connectivity index (χ2n) is 7.27. The summed E-state index contributed by atoms with van der Waals surface area (Å²) in [5.41, 5.74) is -0.823. The molecule has 0 aliphatic heterocycles. The molecule has 4 heteroatoms. The smallest absolute Gasteiger partial charge is 0.326 e. The van der Waals surface area contributed by atoms with Crippen molar-refractivity contribution in [3.05, 3.63) is 0 Å². The molecule has 120 valence electrons. The van der Waals surface area contributed by atoms with E-state index in [4.69, 9.17) is 4.74 Å². The molecule has 4 nitrogen and oxygen atoms in total. The van der Waals surface area contributed by atoms with E-state index < -0.39 is 11.5 Å². The number of nitrogens with one attached hydrogen (secondary N) is 1. The van der Waals surface area contributed by atoms with E-state index in [0.29, 0.717) is 18.6 Å². The summed E-state index contributed by atoms with van der Waals surface area (Å²) in [5, 5.41) is 13.2. The molecule has 3 saturated carbocycles. The number of carboxylic acid groups (broad SMARTS) is 1. The molecule has 0 aromatic heterocycles. The lowest BCUT2D eigenvalue weighted by Gasteiger charge is -2.36. The molecule has 0 heterocycles. The van der Waals surface area contributed by atoms with Crippen LogP contribution in [0.4, 0.5) is 0 Å². The molecular formula is C17H29NO3.